The zero-order valence-corrected chi connectivity index (χ0v) is 20.1. The molecule has 0 amide bonds. The van der Waals surface area contributed by atoms with Crippen molar-refractivity contribution in [3.8, 4) is 11.3 Å². The molecule has 2 bridgehead atoms. The van der Waals surface area contributed by atoms with Crippen LogP contribution in [0.2, 0.25) is 0 Å². The van der Waals surface area contributed by atoms with Crippen LogP contribution in [0.4, 0.5) is 0 Å². The van der Waals surface area contributed by atoms with Crippen LogP contribution >= 0.6 is 0 Å². The highest BCUT2D eigenvalue weighted by atomic mass is 15.1. The summed E-state index contributed by atoms with van der Waals surface area (Å²) in [5.41, 5.74) is 12.5. The Kier molecular flexibility index (Phi) is 3.91. The molecule has 1 fully saturated rings. The number of rotatable bonds is 2. The summed E-state index contributed by atoms with van der Waals surface area (Å²) in [7, 11) is 0. The Hall–Kier alpha value is -2.15. The number of pyridine rings is 1. The Bertz CT molecular complexity index is 1250. The fraction of sp³-hybridized carbons (Fsp3) is 0.500. The molecule has 2 aliphatic carbocycles. The molecule has 1 saturated carbocycles. The fourth-order valence-electron chi connectivity index (χ4n) is 7.92. The van der Waals surface area contributed by atoms with E-state index in [2.05, 4.69) is 82.5 Å². The van der Waals surface area contributed by atoms with Gasteiger partial charge >= 0.3 is 0 Å². The summed E-state index contributed by atoms with van der Waals surface area (Å²) in [5.74, 6) is 1.50. The van der Waals surface area contributed by atoms with Crippen LogP contribution in [-0.2, 0) is 11.0 Å². The van der Waals surface area contributed by atoms with Gasteiger partial charge in [0.1, 0.15) is 0 Å². The van der Waals surface area contributed by atoms with E-state index in [1.54, 1.807) is 27.8 Å². The summed E-state index contributed by atoms with van der Waals surface area (Å²) in [6.07, 6.45) is 6.40. The first-order valence-electron chi connectivity index (χ1n) is 12.5. The van der Waals surface area contributed by atoms with Crippen LogP contribution in [0, 0.1) is 13.8 Å². The van der Waals surface area contributed by atoms with Gasteiger partial charge in [0.05, 0.1) is 16.4 Å². The molecule has 4 unspecified atom stereocenters. The molecule has 0 radical (unpaired) electrons. The maximum atomic E-state index is 2.84. The van der Waals surface area contributed by atoms with Crippen molar-refractivity contribution in [3.05, 3.63) is 64.2 Å². The minimum Gasteiger partial charge on any atom is -0.185 e. The number of hydrogen-bond acceptors (Lipinski definition) is 0. The molecule has 160 valence electrons. The lowest BCUT2D eigenvalue weighted by atomic mass is 9.60. The molecule has 1 heteroatoms. The molecule has 3 aromatic rings. The summed E-state index contributed by atoms with van der Waals surface area (Å²) < 4.78 is 2.84. The lowest BCUT2D eigenvalue weighted by Crippen LogP contribution is -2.68. The second-order valence-corrected chi connectivity index (χ2v) is 11.1. The van der Waals surface area contributed by atoms with E-state index in [1.165, 1.54) is 41.5 Å². The molecule has 1 aliphatic heterocycles. The molecule has 2 heterocycles. The molecular formula is C30H36N+. The van der Waals surface area contributed by atoms with Gasteiger partial charge in [0.25, 0.3) is 0 Å². The van der Waals surface area contributed by atoms with Crippen molar-refractivity contribution < 1.29 is 4.57 Å². The predicted molar refractivity (Wildman–Crippen MR) is 130 cm³/mol. The van der Waals surface area contributed by atoms with Crippen LogP contribution in [0.3, 0.4) is 0 Å². The van der Waals surface area contributed by atoms with Gasteiger partial charge in [0.2, 0.25) is 11.2 Å². The number of hydrogen-bond donors (Lipinski definition) is 0. The summed E-state index contributed by atoms with van der Waals surface area (Å²) in [5, 5.41) is 1.58. The summed E-state index contributed by atoms with van der Waals surface area (Å²) in [6, 6.07) is 14.3. The first-order chi connectivity index (χ1) is 14.9. The van der Waals surface area contributed by atoms with Gasteiger partial charge < -0.3 is 0 Å². The van der Waals surface area contributed by atoms with Crippen LogP contribution in [0.1, 0.15) is 99.5 Å². The molecule has 4 atom stereocenters. The van der Waals surface area contributed by atoms with Gasteiger partial charge in [-0.3, -0.25) is 0 Å². The van der Waals surface area contributed by atoms with E-state index >= 15 is 0 Å². The minimum absolute atomic E-state index is 0.0424. The Morgan fingerprint density at radius 1 is 0.935 bits per heavy atom. The predicted octanol–water partition coefficient (Wildman–Crippen LogP) is 7.58. The molecule has 0 saturated heterocycles. The van der Waals surface area contributed by atoms with Crippen LogP contribution in [0.15, 0.2) is 36.4 Å². The second-order valence-electron chi connectivity index (χ2n) is 11.1. The third-order valence-electron chi connectivity index (χ3n) is 9.84. The van der Waals surface area contributed by atoms with Crippen molar-refractivity contribution in [1.29, 1.82) is 0 Å². The van der Waals surface area contributed by atoms with Crippen molar-refractivity contribution in [3.63, 3.8) is 0 Å². The van der Waals surface area contributed by atoms with Gasteiger partial charge in [-0.25, -0.2) is 0 Å². The summed E-state index contributed by atoms with van der Waals surface area (Å²) in [6.45, 7) is 14.5. The van der Waals surface area contributed by atoms with Gasteiger partial charge in [-0.2, -0.15) is 4.57 Å². The molecule has 2 aromatic carbocycles. The maximum absolute atomic E-state index is 2.84. The zero-order chi connectivity index (χ0) is 21.7. The average molecular weight is 411 g/mol. The number of nitrogens with zero attached hydrogens (tertiary/aromatic N) is 1. The minimum atomic E-state index is 0.0424. The highest BCUT2D eigenvalue weighted by Gasteiger charge is 2.59. The van der Waals surface area contributed by atoms with Gasteiger partial charge in [-0.1, -0.05) is 38.1 Å². The molecule has 1 aromatic heterocycles. The van der Waals surface area contributed by atoms with Gasteiger partial charge in [-0.05, 0) is 86.6 Å². The molecular weight excluding hydrogens is 374 g/mol. The smallest absolute Gasteiger partial charge is 0.185 e. The first-order valence-corrected chi connectivity index (χ1v) is 12.5. The fourth-order valence-corrected chi connectivity index (χ4v) is 7.92. The van der Waals surface area contributed by atoms with Crippen molar-refractivity contribution >= 4 is 10.9 Å². The normalized spacial score (nSPS) is 30.4. The Morgan fingerprint density at radius 3 is 2.35 bits per heavy atom. The van der Waals surface area contributed by atoms with E-state index in [0.717, 1.165) is 24.7 Å². The third kappa shape index (κ3) is 2.16. The highest BCUT2D eigenvalue weighted by Crippen LogP contribution is 2.60. The second kappa shape index (κ2) is 6.21. The molecule has 0 N–H and O–H groups in total. The van der Waals surface area contributed by atoms with E-state index in [-0.39, 0.29) is 11.0 Å². The van der Waals surface area contributed by atoms with E-state index in [0.29, 0.717) is 0 Å². The molecule has 1 nitrogen and oxygen atoms in total. The highest BCUT2D eigenvalue weighted by molar-refractivity contribution is 5.90. The van der Waals surface area contributed by atoms with Crippen molar-refractivity contribution in [1.82, 2.24) is 0 Å². The number of fused-ring (bicyclic) bond motifs is 12. The average Bonchev–Trinajstić information content (AvgIpc) is 3.38. The van der Waals surface area contributed by atoms with E-state index in [9.17, 15) is 0 Å². The summed E-state index contributed by atoms with van der Waals surface area (Å²) in [4.78, 5) is 0. The standard InChI is InChI=1S/C30H36N/c1-7-29(5)23-12-10-9-11-22(23)28-27-21-14-13-20(17-21)26(27)25-19(4)15-18(3)16-24(25)31(28)30(29,6)8-2/h9-12,15-16,20-21H,7-8,13-14,17H2,1-6H3/q+1. The lowest BCUT2D eigenvalue weighted by molar-refractivity contribution is -0.743. The van der Waals surface area contributed by atoms with E-state index < -0.39 is 0 Å². The first kappa shape index (κ1) is 19.5. The SMILES string of the molecule is CCC1(C)c2ccccc2-c2c3c(c4c(C)cc(C)cc4[n+]2C1(C)CC)C1CCC3C1. The number of aromatic nitrogens is 1. The Morgan fingerprint density at radius 2 is 1.65 bits per heavy atom. The monoisotopic (exact) mass is 410 g/mol. The van der Waals surface area contributed by atoms with Crippen molar-refractivity contribution in [2.45, 2.75) is 96.4 Å². The zero-order valence-electron chi connectivity index (χ0n) is 20.1. The van der Waals surface area contributed by atoms with Gasteiger partial charge in [-0.15, -0.1) is 0 Å². The van der Waals surface area contributed by atoms with Gasteiger partial charge in [0, 0.05) is 25.0 Å². The van der Waals surface area contributed by atoms with E-state index in [1.807, 2.05) is 0 Å². The maximum Gasteiger partial charge on any atom is 0.217 e. The van der Waals surface area contributed by atoms with Crippen LogP contribution < -0.4 is 4.57 Å². The van der Waals surface area contributed by atoms with Crippen molar-refractivity contribution in [2.75, 3.05) is 0 Å². The summed E-state index contributed by atoms with van der Waals surface area (Å²) >= 11 is 0. The quantitative estimate of drug-likeness (QED) is 0.383. The molecule has 0 spiro atoms. The Balaban J connectivity index is 1.90. The Labute approximate surface area is 187 Å². The topological polar surface area (TPSA) is 3.88 Å². The number of aryl methyl sites for hydroxylation is 2. The largest absolute Gasteiger partial charge is 0.217 e. The van der Waals surface area contributed by atoms with Gasteiger partial charge in [0.15, 0.2) is 5.54 Å². The van der Waals surface area contributed by atoms with Crippen molar-refractivity contribution in [2.24, 2.45) is 0 Å². The van der Waals surface area contributed by atoms with E-state index in [4.69, 9.17) is 0 Å². The van der Waals surface area contributed by atoms with Crippen LogP contribution in [0.25, 0.3) is 22.2 Å². The third-order valence-corrected chi connectivity index (χ3v) is 9.84. The van der Waals surface area contributed by atoms with Crippen LogP contribution in [0.5, 0.6) is 0 Å². The number of benzene rings is 2. The molecule has 31 heavy (non-hydrogen) atoms. The lowest BCUT2D eigenvalue weighted by Gasteiger charge is -2.47. The molecule has 3 aliphatic rings. The molecule has 6 rings (SSSR count). The van der Waals surface area contributed by atoms with Crippen LogP contribution in [-0.4, -0.2) is 0 Å².